The minimum atomic E-state index is -2.93. The number of hydrogen-bond donors (Lipinski definition) is 1. The summed E-state index contributed by atoms with van der Waals surface area (Å²) in [5, 5.41) is 3.85. The van der Waals surface area contributed by atoms with Gasteiger partial charge in [0.15, 0.2) is 0 Å². The zero-order chi connectivity index (χ0) is 9.19. The molecule has 2 N–H and O–H groups in total. The van der Waals surface area contributed by atoms with E-state index in [-0.39, 0.29) is 5.75 Å². The Morgan fingerprint density at radius 2 is 2.33 bits per heavy atom. The summed E-state index contributed by atoms with van der Waals surface area (Å²) < 4.78 is 23.0. The predicted molar refractivity (Wildman–Crippen MR) is 46.4 cm³/mol. The number of aromatic nitrogens is 2. The van der Waals surface area contributed by atoms with Gasteiger partial charge in [-0.2, -0.15) is 5.10 Å². The number of nitrogen functional groups attached to an aromatic ring is 1. The topological polar surface area (TPSA) is 78.0 Å². The van der Waals surface area contributed by atoms with Crippen molar-refractivity contribution in [1.29, 1.82) is 0 Å². The number of anilines is 1. The molecule has 0 bridgehead atoms. The lowest BCUT2D eigenvalue weighted by molar-refractivity contribution is 0.588. The molecule has 0 amide bonds. The average Bonchev–Trinajstić information content (AvgIpc) is 2.29. The van der Waals surface area contributed by atoms with Crippen LogP contribution in [0, 0.1) is 0 Å². The van der Waals surface area contributed by atoms with Crippen molar-refractivity contribution in [1.82, 2.24) is 9.78 Å². The Kier molecular flexibility index (Phi) is 2.37. The van der Waals surface area contributed by atoms with E-state index in [1.807, 2.05) is 0 Å². The first-order chi connectivity index (χ1) is 5.49. The van der Waals surface area contributed by atoms with E-state index < -0.39 is 9.84 Å². The standard InChI is InChI=1S/C6H11N3O2S/c1-12(10,11)5-4-9-6(7)2-3-8-9/h2-3H,4-5,7H2,1H3. The molecule has 1 aromatic heterocycles. The maximum Gasteiger partial charge on any atom is 0.149 e. The summed E-state index contributed by atoms with van der Waals surface area (Å²) in [7, 11) is -2.93. The highest BCUT2D eigenvalue weighted by atomic mass is 32.2. The molecule has 1 heterocycles. The monoisotopic (exact) mass is 189 g/mol. The van der Waals surface area contributed by atoms with Gasteiger partial charge < -0.3 is 5.73 Å². The molecule has 0 aliphatic carbocycles. The van der Waals surface area contributed by atoms with Gasteiger partial charge in [0.1, 0.15) is 15.7 Å². The van der Waals surface area contributed by atoms with Gasteiger partial charge in [-0.3, -0.25) is 0 Å². The van der Waals surface area contributed by atoms with Crippen LogP contribution < -0.4 is 5.73 Å². The molecule has 1 aromatic rings. The number of nitrogens with two attached hydrogens (primary N) is 1. The second-order valence-corrected chi connectivity index (χ2v) is 4.87. The molecule has 12 heavy (non-hydrogen) atoms. The van der Waals surface area contributed by atoms with Gasteiger partial charge >= 0.3 is 0 Å². The Morgan fingerprint density at radius 1 is 1.67 bits per heavy atom. The van der Waals surface area contributed by atoms with Crippen molar-refractivity contribution in [3.05, 3.63) is 12.3 Å². The van der Waals surface area contributed by atoms with Crippen LogP contribution in [-0.2, 0) is 16.4 Å². The minimum absolute atomic E-state index is 0.0683. The smallest absolute Gasteiger partial charge is 0.149 e. The van der Waals surface area contributed by atoms with Crippen LogP contribution in [0.15, 0.2) is 12.3 Å². The van der Waals surface area contributed by atoms with Crippen LogP contribution >= 0.6 is 0 Å². The summed E-state index contributed by atoms with van der Waals surface area (Å²) in [5.41, 5.74) is 5.48. The molecule has 0 aliphatic heterocycles. The summed E-state index contributed by atoms with van der Waals surface area (Å²) in [6.45, 7) is 0.317. The third-order valence-electron chi connectivity index (χ3n) is 1.42. The molecule has 0 saturated heterocycles. The molecule has 0 unspecified atom stereocenters. The van der Waals surface area contributed by atoms with Gasteiger partial charge in [-0.05, 0) is 6.07 Å². The van der Waals surface area contributed by atoms with Crippen LogP contribution in [-0.4, -0.2) is 30.2 Å². The molecule has 0 aliphatic rings. The molecule has 0 atom stereocenters. The van der Waals surface area contributed by atoms with Gasteiger partial charge in [0.25, 0.3) is 0 Å². The van der Waals surface area contributed by atoms with E-state index in [1.54, 1.807) is 6.07 Å². The number of hydrogen-bond acceptors (Lipinski definition) is 4. The molecular formula is C6H11N3O2S. The first kappa shape index (κ1) is 9.05. The van der Waals surface area contributed by atoms with Crippen molar-refractivity contribution >= 4 is 15.7 Å². The molecule has 6 heteroatoms. The molecule has 0 spiro atoms. The molecule has 0 saturated carbocycles. The second kappa shape index (κ2) is 3.14. The fourth-order valence-corrected chi connectivity index (χ4v) is 1.29. The van der Waals surface area contributed by atoms with Crippen molar-refractivity contribution in [2.45, 2.75) is 6.54 Å². The van der Waals surface area contributed by atoms with Gasteiger partial charge in [0, 0.05) is 6.26 Å². The fourth-order valence-electron chi connectivity index (χ4n) is 0.782. The number of aryl methyl sites for hydroxylation is 1. The highest BCUT2D eigenvalue weighted by Crippen LogP contribution is 1.99. The molecule has 1 rings (SSSR count). The van der Waals surface area contributed by atoms with Crippen LogP contribution in [0.2, 0.25) is 0 Å². The summed E-state index contributed by atoms with van der Waals surface area (Å²) in [6.07, 6.45) is 2.73. The minimum Gasteiger partial charge on any atom is -0.384 e. The summed E-state index contributed by atoms with van der Waals surface area (Å²) in [5.74, 6) is 0.553. The molecule has 0 aromatic carbocycles. The van der Waals surface area contributed by atoms with E-state index in [4.69, 9.17) is 5.73 Å². The summed E-state index contributed by atoms with van der Waals surface area (Å²) >= 11 is 0. The van der Waals surface area contributed by atoms with Crippen LogP contribution in [0.25, 0.3) is 0 Å². The zero-order valence-electron chi connectivity index (χ0n) is 6.77. The van der Waals surface area contributed by atoms with E-state index in [1.165, 1.54) is 17.1 Å². The molecule has 68 valence electrons. The van der Waals surface area contributed by atoms with Crippen LogP contribution in [0.5, 0.6) is 0 Å². The highest BCUT2D eigenvalue weighted by molar-refractivity contribution is 7.90. The van der Waals surface area contributed by atoms with E-state index in [9.17, 15) is 8.42 Å². The molecule has 0 radical (unpaired) electrons. The van der Waals surface area contributed by atoms with Crippen LogP contribution in [0.1, 0.15) is 0 Å². The van der Waals surface area contributed by atoms with Crippen LogP contribution in [0.3, 0.4) is 0 Å². The Morgan fingerprint density at radius 3 is 2.75 bits per heavy atom. The third-order valence-corrected chi connectivity index (χ3v) is 2.35. The number of rotatable bonds is 3. The van der Waals surface area contributed by atoms with E-state index in [0.29, 0.717) is 12.4 Å². The average molecular weight is 189 g/mol. The van der Waals surface area contributed by atoms with E-state index in [0.717, 1.165) is 0 Å². The Bertz CT molecular complexity index is 355. The predicted octanol–water partition coefficient (Wildman–Crippen LogP) is -0.490. The maximum absolute atomic E-state index is 10.8. The Hall–Kier alpha value is -1.04. The molecule has 0 fully saturated rings. The van der Waals surface area contributed by atoms with Crippen molar-refractivity contribution in [3.63, 3.8) is 0 Å². The first-order valence-corrected chi connectivity index (χ1v) is 5.50. The van der Waals surface area contributed by atoms with Crippen LogP contribution in [0.4, 0.5) is 5.82 Å². The normalized spacial score (nSPS) is 11.8. The lowest BCUT2D eigenvalue weighted by atomic mass is 10.6. The molecule has 5 nitrogen and oxygen atoms in total. The second-order valence-electron chi connectivity index (χ2n) is 2.61. The van der Waals surface area contributed by atoms with Crippen molar-refractivity contribution in [2.24, 2.45) is 0 Å². The van der Waals surface area contributed by atoms with Gasteiger partial charge in [0.2, 0.25) is 0 Å². The van der Waals surface area contributed by atoms with E-state index >= 15 is 0 Å². The van der Waals surface area contributed by atoms with Crippen molar-refractivity contribution < 1.29 is 8.42 Å². The highest BCUT2D eigenvalue weighted by Gasteiger charge is 2.04. The Labute approximate surface area is 71.1 Å². The van der Waals surface area contributed by atoms with Gasteiger partial charge in [0.05, 0.1) is 18.5 Å². The number of sulfone groups is 1. The first-order valence-electron chi connectivity index (χ1n) is 3.44. The Balaban J connectivity index is 2.61. The lowest BCUT2D eigenvalue weighted by Crippen LogP contribution is -2.13. The third kappa shape index (κ3) is 2.54. The quantitative estimate of drug-likeness (QED) is 0.696. The zero-order valence-corrected chi connectivity index (χ0v) is 7.58. The largest absolute Gasteiger partial charge is 0.384 e. The summed E-state index contributed by atoms with van der Waals surface area (Å²) in [6, 6.07) is 1.63. The van der Waals surface area contributed by atoms with Crippen molar-refractivity contribution in [3.8, 4) is 0 Å². The number of nitrogens with zero attached hydrogens (tertiary/aromatic N) is 2. The fraction of sp³-hybridized carbons (Fsp3) is 0.500. The maximum atomic E-state index is 10.8. The van der Waals surface area contributed by atoms with E-state index in [2.05, 4.69) is 5.10 Å². The van der Waals surface area contributed by atoms with Gasteiger partial charge in [-0.15, -0.1) is 0 Å². The van der Waals surface area contributed by atoms with Gasteiger partial charge in [-0.1, -0.05) is 0 Å². The summed E-state index contributed by atoms with van der Waals surface area (Å²) in [4.78, 5) is 0. The lowest BCUT2D eigenvalue weighted by Gasteiger charge is -2.01. The SMILES string of the molecule is CS(=O)(=O)CCn1nccc1N. The van der Waals surface area contributed by atoms with Gasteiger partial charge in [-0.25, -0.2) is 13.1 Å². The molecular weight excluding hydrogens is 178 g/mol. The van der Waals surface area contributed by atoms with Crippen molar-refractivity contribution in [2.75, 3.05) is 17.7 Å².